The lowest BCUT2D eigenvalue weighted by Gasteiger charge is -2.35. The summed E-state index contributed by atoms with van der Waals surface area (Å²) in [5.41, 5.74) is 1.53. The SMILES string of the molecule is COC(=O)c1cccc(NC(=O)CN2CCN(c3ccccc3F)CC2)c1. The summed E-state index contributed by atoms with van der Waals surface area (Å²) in [6.07, 6.45) is 0. The minimum atomic E-state index is -0.449. The van der Waals surface area contributed by atoms with Gasteiger partial charge in [0.2, 0.25) is 5.91 Å². The summed E-state index contributed by atoms with van der Waals surface area (Å²) in [5, 5.41) is 2.80. The number of anilines is 2. The minimum Gasteiger partial charge on any atom is -0.465 e. The molecule has 1 amide bonds. The van der Waals surface area contributed by atoms with E-state index in [1.165, 1.54) is 13.2 Å². The Balaban J connectivity index is 1.51. The van der Waals surface area contributed by atoms with Crippen LogP contribution in [0.4, 0.5) is 15.8 Å². The topological polar surface area (TPSA) is 61.9 Å². The lowest BCUT2D eigenvalue weighted by molar-refractivity contribution is -0.117. The first-order valence-corrected chi connectivity index (χ1v) is 8.77. The second-order valence-electron chi connectivity index (χ2n) is 6.34. The average molecular weight is 371 g/mol. The molecular formula is C20H22FN3O3. The molecular weight excluding hydrogens is 349 g/mol. The molecule has 3 rings (SSSR count). The molecule has 2 aromatic carbocycles. The van der Waals surface area contributed by atoms with Gasteiger partial charge in [-0.2, -0.15) is 0 Å². The summed E-state index contributed by atoms with van der Waals surface area (Å²) in [5.74, 6) is -0.832. The Hall–Kier alpha value is -2.93. The van der Waals surface area contributed by atoms with Crippen LogP contribution in [0.25, 0.3) is 0 Å². The van der Waals surface area contributed by atoms with Gasteiger partial charge in [-0.3, -0.25) is 9.69 Å². The molecule has 0 aromatic heterocycles. The summed E-state index contributed by atoms with van der Waals surface area (Å²) in [6.45, 7) is 2.90. The van der Waals surface area contributed by atoms with Gasteiger partial charge in [-0.05, 0) is 30.3 Å². The highest BCUT2D eigenvalue weighted by atomic mass is 19.1. The molecule has 2 aromatic rings. The normalized spacial score (nSPS) is 14.7. The third kappa shape index (κ3) is 4.83. The molecule has 7 heteroatoms. The van der Waals surface area contributed by atoms with E-state index in [2.05, 4.69) is 10.1 Å². The summed E-state index contributed by atoms with van der Waals surface area (Å²) >= 11 is 0. The van der Waals surface area contributed by atoms with E-state index in [1.54, 1.807) is 36.4 Å². The first-order chi connectivity index (χ1) is 13.1. The highest BCUT2D eigenvalue weighted by molar-refractivity contribution is 5.95. The van der Waals surface area contributed by atoms with Crippen molar-refractivity contribution in [1.29, 1.82) is 0 Å². The van der Waals surface area contributed by atoms with Crippen LogP contribution in [0.3, 0.4) is 0 Å². The zero-order chi connectivity index (χ0) is 19.2. The third-order valence-electron chi connectivity index (χ3n) is 4.50. The van der Waals surface area contributed by atoms with Crippen LogP contribution in [0.15, 0.2) is 48.5 Å². The predicted molar refractivity (Wildman–Crippen MR) is 101 cm³/mol. The maximum absolute atomic E-state index is 13.9. The standard InChI is InChI=1S/C20H22FN3O3/c1-27-20(26)15-5-4-6-16(13-15)22-19(25)14-23-9-11-24(12-10-23)18-8-3-2-7-17(18)21/h2-8,13H,9-12,14H2,1H3,(H,22,25). The van der Waals surface area contributed by atoms with Crippen LogP contribution in [-0.2, 0) is 9.53 Å². The van der Waals surface area contributed by atoms with Crippen molar-refractivity contribution >= 4 is 23.3 Å². The van der Waals surface area contributed by atoms with Crippen molar-refractivity contribution in [2.45, 2.75) is 0 Å². The molecule has 27 heavy (non-hydrogen) atoms. The van der Waals surface area contributed by atoms with Crippen molar-refractivity contribution in [3.63, 3.8) is 0 Å². The van der Waals surface area contributed by atoms with E-state index in [-0.39, 0.29) is 18.3 Å². The second-order valence-corrected chi connectivity index (χ2v) is 6.34. The van der Waals surface area contributed by atoms with Crippen LogP contribution in [0, 0.1) is 5.82 Å². The first kappa shape index (κ1) is 18.8. The van der Waals surface area contributed by atoms with Crippen molar-refractivity contribution in [1.82, 2.24) is 4.90 Å². The number of methoxy groups -OCH3 is 1. The van der Waals surface area contributed by atoms with E-state index < -0.39 is 5.97 Å². The van der Waals surface area contributed by atoms with Gasteiger partial charge in [0.1, 0.15) is 5.82 Å². The number of carbonyl (C=O) groups is 2. The molecule has 6 nitrogen and oxygen atoms in total. The highest BCUT2D eigenvalue weighted by Gasteiger charge is 2.21. The minimum absolute atomic E-state index is 0.156. The molecule has 0 unspecified atom stereocenters. The third-order valence-corrected chi connectivity index (χ3v) is 4.50. The number of esters is 1. The monoisotopic (exact) mass is 371 g/mol. The molecule has 1 heterocycles. The van der Waals surface area contributed by atoms with E-state index in [0.29, 0.717) is 43.1 Å². The van der Waals surface area contributed by atoms with Crippen molar-refractivity contribution in [3.8, 4) is 0 Å². The summed E-state index contributed by atoms with van der Waals surface area (Å²) in [6, 6.07) is 13.3. The number of halogens is 1. The van der Waals surface area contributed by atoms with Crippen LogP contribution in [0.2, 0.25) is 0 Å². The summed E-state index contributed by atoms with van der Waals surface area (Å²) in [4.78, 5) is 27.9. The Labute approximate surface area is 157 Å². The van der Waals surface area contributed by atoms with Gasteiger partial charge < -0.3 is 15.0 Å². The van der Waals surface area contributed by atoms with Gasteiger partial charge in [-0.25, -0.2) is 9.18 Å². The molecule has 0 saturated carbocycles. The molecule has 1 saturated heterocycles. The van der Waals surface area contributed by atoms with E-state index >= 15 is 0 Å². The molecule has 1 aliphatic heterocycles. The van der Waals surface area contributed by atoms with Gasteiger partial charge in [0, 0.05) is 31.9 Å². The van der Waals surface area contributed by atoms with Gasteiger partial charge >= 0.3 is 5.97 Å². The molecule has 0 atom stereocenters. The summed E-state index contributed by atoms with van der Waals surface area (Å²) < 4.78 is 18.6. The van der Waals surface area contributed by atoms with Gasteiger partial charge in [-0.1, -0.05) is 18.2 Å². The molecule has 0 bridgehead atoms. The molecule has 1 aliphatic rings. The van der Waals surface area contributed by atoms with Crippen molar-refractivity contribution < 1.29 is 18.7 Å². The number of ether oxygens (including phenoxy) is 1. The second kappa shape index (κ2) is 8.64. The molecule has 0 aliphatic carbocycles. The molecule has 0 radical (unpaired) electrons. The smallest absolute Gasteiger partial charge is 0.337 e. The molecule has 1 N–H and O–H groups in total. The molecule has 142 valence electrons. The number of amides is 1. The predicted octanol–water partition coefficient (Wildman–Crippen LogP) is 2.37. The molecule has 0 spiro atoms. The fourth-order valence-electron chi connectivity index (χ4n) is 3.10. The van der Waals surface area contributed by atoms with Gasteiger partial charge in [0.25, 0.3) is 0 Å². The van der Waals surface area contributed by atoms with Crippen LogP contribution in [0.1, 0.15) is 10.4 Å². The van der Waals surface area contributed by atoms with Crippen LogP contribution < -0.4 is 10.2 Å². The highest BCUT2D eigenvalue weighted by Crippen LogP contribution is 2.20. The Bertz CT molecular complexity index is 820. The quantitative estimate of drug-likeness (QED) is 0.818. The Morgan fingerprint density at radius 3 is 2.52 bits per heavy atom. The number of nitrogens with zero attached hydrogens (tertiary/aromatic N) is 2. The van der Waals surface area contributed by atoms with Crippen molar-refractivity contribution in [2.24, 2.45) is 0 Å². The number of hydrogen-bond donors (Lipinski definition) is 1. The fourth-order valence-corrected chi connectivity index (χ4v) is 3.10. The zero-order valence-electron chi connectivity index (χ0n) is 15.2. The number of rotatable bonds is 5. The van der Waals surface area contributed by atoms with E-state index in [9.17, 15) is 14.0 Å². The fraction of sp³-hybridized carbons (Fsp3) is 0.300. The Morgan fingerprint density at radius 2 is 1.81 bits per heavy atom. The Kier molecular flexibility index (Phi) is 6.03. The zero-order valence-corrected chi connectivity index (χ0v) is 15.2. The van der Waals surface area contributed by atoms with Crippen molar-refractivity contribution in [2.75, 3.05) is 50.1 Å². The van der Waals surface area contributed by atoms with Gasteiger partial charge in [0.15, 0.2) is 0 Å². The largest absolute Gasteiger partial charge is 0.465 e. The lowest BCUT2D eigenvalue weighted by atomic mass is 10.2. The first-order valence-electron chi connectivity index (χ1n) is 8.77. The van der Waals surface area contributed by atoms with Crippen molar-refractivity contribution in [3.05, 3.63) is 59.9 Å². The number of benzene rings is 2. The van der Waals surface area contributed by atoms with Crippen LogP contribution >= 0.6 is 0 Å². The number of hydrogen-bond acceptors (Lipinski definition) is 5. The van der Waals surface area contributed by atoms with Gasteiger partial charge in [-0.15, -0.1) is 0 Å². The average Bonchev–Trinajstić information content (AvgIpc) is 2.68. The maximum atomic E-state index is 13.9. The number of piperazine rings is 1. The van der Waals surface area contributed by atoms with E-state index in [0.717, 1.165) is 0 Å². The van der Waals surface area contributed by atoms with Crippen LogP contribution in [-0.4, -0.2) is 56.6 Å². The van der Waals surface area contributed by atoms with Crippen LogP contribution in [0.5, 0.6) is 0 Å². The number of carbonyl (C=O) groups excluding carboxylic acids is 2. The van der Waals surface area contributed by atoms with E-state index in [4.69, 9.17) is 0 Å². The number of nitrogens with one attached hydrogen (secondary N) is 1. The number of para-hydroxylation sites is 1. The Morgan fingerprint density at radius 1 is 1.07 bits per heavy atom. The lowest BCUT2D eigenvalue weighted by Crippen LogP contribution is -2.48. The molecule has 1 fully saturated rings. The maximum Gasteiger partial charge on any atom is 0.337 e. The van der Waals surface area contributed by atoms with E-state index in [1.807, 2.05) is 15.9 Å². The van der Waals surface area contributed by atoms with Gasteiger partial charge in [0.05, 0.1) is 24.9 Å². The summed E-state index contributed by atoms with van der Waals surface area (Å²) in [7, 11) is 1.31.